The van der Waals surface area contributed by atoms with E-state index in [9.17, 15) is 14.0 Å². The number of hydrogen-bond donors (Lipinski definition) is 2. The molecular formula is C22H22FN3O3. The molecule has 0 saturated carbocycles. The molecule has 1 amide bonds. The van der Waals surface area contributed by atoms with Crippen molar-refractivity contribution in [2.75, 3.05) is 25.5 Å². The summed E-state index contributed by atoms with van der Waals surface area (Å²) in [6.07, 6.45) is 0.652. The number of aryl methyl sites for hydroxylation is 1. The lowest BCUT2D eigenvalue weighted by Crippen LogP contribution is -2.39. The summed E-state index contributed by atoms with van der Waals surface area (Å²) in [4.78, 5) is 30.8. The van der Waals surface area contributed by atoms with E-state index in [1.807, 2.05) is 17.9 Å². The zero-order valence-electron chi connectivity index (χ0n) is 16.3. The van der Waals surface area contributed by atoms with Crippen molar-refractivity contribution in [1.29, 1.82) is 0 Å². The zero-order chi connectivity index (χ0) is 20.5. The molecule has 0 spiro atoms. The van der Waals surface area contributed by atoms with Crippen molar-refractivity contribution in [3.8, 4) is 5.75 Å². The molecule has 0 unspecified atom stereocenters. The maximum atomic E-state index is 13.3. The average molecular weight is 395 g/mol. The molecule has 150 valence electrons. The summed E-state index contributed by atoms with van der Waals surface area (Å²) in [7, 11) is 1.58. The van der Waals surface area contributed by atoms with Crippen molar-refractivity contribution in [2.24, 2.45) is 0 Å². The molecule has 29 heavy (non-hydrogen) atoms. The van der Waals surface area contributed by atoms with Gasteiger partial charge in [0.25, 0.3) is 0 Å². The summed E-state index contributed by atoms with van der Waals surface area (Å²) in [5.74, 6) is -0.00444. The van der Waals surface area contributed by atoms with Crippen molar-refractivity contribution >= 4 is 22.5 Å². The van der Waals surface area contributed by atoms with E-state index in [0.29, 0.717) is 41.9 Å². The Kier molecular flexibility index (Phi) is 5.07. The number of nitrogens with one attached hydrogen (secondary N) is 2. The lowest BCUT2D eigenvalue weighted by atomic mass is 10.0. The Bertz CT molecular complexity index is 1160. The van der Waals surface area contributed by atoms with Crippen LogP contribution in [0.15, 0.2) is 41.2 Å². The minimum absolute atomic E-state index is 0.0361. The number of H-pyrrole nitrogens is 1. The number of carbonyl (C=O) groups is 1. The Morgan fingerprint density at radius 2 is 2.14 bits per heavy atom. The van der Waals surface area contributed by atoms with Crippen LogP contribution in [0, 0.1) is 12.7 Å². The monoisotopic (exact) mass is 395 g/mol. The summed E-state index contributed by atoms with van der Waals surface area (Å²) in [5.41, 5.74) is 3.75. The van der Waals surface area contributed by atoms with E-state index < -0.39 is 5.82 Å². The van der Waals surface area contributed by atoms with Crippen LogP contribution in [0.1, 0.15) is 16.8 Å². The summed E-state index contributed by atoms with van der Waals surface area (Å²) in [5, 5.41) is 3.29. The van der Waals surface area contributed by atoms with Gasteiger partial charge < -0.3 is 15.0 Å². The molecule has 3 aromatic rings. The van der Waals surface area contributed by atoms with Crippen molar-refractivity contribution in [3.05, 3.63) is 69.3 Å². The fourth-order valence-corrected chi connectivity index (χ4v) is 3.80. The van der Waals surface area contributed by atoms with E-state index in [4.69, 9.17) is 4.74 Å². The second-order valence-corrected chi connectivity index (χ2v) is 7.30. The molecule has 4 rings (SSSR count). The van der Waals surface area contributed by atoms with Gasteiger partial charge in [0.2, 0.25) is 5.91 Å². The summed E-state index contributed by atoms with van der Waals surface area (Å²) in [6, 6.07) is 9.43. The van der Waals surface area contributed by atoms with Crippen LogP contribution in [0.25, 0.3) is 10.9 Å². The van der Waals surface area contributed by atoms with Crippen LogP contribution in [0.3, 0.4) is 0 Å². The molecule has 2 heterocycles. The van der Waals surface area contributed by atoms with Crippen LogP contribution in [0.4, 0.5) is 10.1 Å². The Hall–Kier alpha value is -3.19. The Morgan fingerprint density at radius 1 is 1.31 bits per heavy atom. The third-order valence-electron chi connectivity index (χ3n) is 5.24. The first-order valence-corrected chi connectivity index (χ1v) is 9.45. The van der Waals surface area contributed by atoms with E-state index in [1.165, 1.54) is 12.1 Å². The number of rotatable bonds is 4. The number of aromatic amines is 1. The maximum absolute atomic E-state index is 13.3. The van der Waals surface area contributed by atoms with Gasteiger partial charge in [0.15, 0.2) is 5.43 Å². The molecule has 7 heteroatoms. The first-order chi connectivity index (χ1) is 13.9. The molecule has 0 aliphatic carbocycles. The predicted octanol–water partition coefficient (Wildman–Crippen LogP) is 2.98. The highest BCUT2D eigenvalue weighted by molar-refractivity contribution is 5.92. The number of methoxy groups -OCH3 is 1. The Morgan fingerprint density at radius 3 is 2.90 bits per heavy atom. The van der Waals surface area contributed by atoms with Gasteiger partial charge in [-0.15, -0.1) is 0 Å². The predicted molar refractivity (Wildman–Crippen MR) is 110 cm³/mol. The molecular weight excluding hydrogens is 373 g/mol. The standard InChI is InChI=1S/C22H22FN3O3/c1-13-8-16(29-2)10-17-21(13)25-19-6-7-26(11-18(19)22(17)28)12-20(27)24-15-5-3-4-14(23)9-15/h3-5,8-10H,6-7,11-12H2,1-2H3,(H,24,27)(H,25,28). The largest absolute Gasteiger partial charge is 0.497 e. The highest BCUT2D eigenvalue weighted by Crippen LogP contribution is 2.24. The summed E-state index contributed by atoms with van der Waals surface area (Å²) >= 11 is 0. The van der Waals surface area contributed by atoms with Crippen LogP contribution in [-0.2, 0) is 17.8 Å². The van der Waals surface area contributed by atoms with Gasteiger partial charge in [0.05, 0.1) is 19.2 Å². The summed E-state index contributed by atoms with van der Waals surface area (Å²) in [6.45, 7) is 3.11. The van der Waals surface area contributed by atoms with E-state index in [0.717, 1.165) is 16.8 Å². The second-order valence-electron chi connectivity index (χ2n) is 7.30. The number of pyridine rings is 1. The lowest BCUT2D eigenvalue weighted by Gasteiger charge is -2.28. The topological polar surface area (TPSA) is 74.4 Å². The Balaban J connectivity index is 1.56. The second kappa shape index (κ2) is 7.67. The number of fused-ring (bicyclic) bond motifs is 2. The molecule has 0 atom stereocenters. The zero-order valence-corrected chi connectivity index (χ0v) is 16.3. The van der Waals surface area contributed by atoms with Gasteiger partial charge in [-0.05, 0) is 42.8 Å². The van der Waals surface area contributed by atoms with E-state index >= 15 is 0 Å². The van der Waals surface area contributed by atoms with Crippen LogP contribution in [-0.4, -0.2) is 36.0 Å². The summed E-state index contributed by atoms with van der Waals surface area (Å²) < 4.78 is 18.6. The molecule has 1 aromatic heterocycles. The number of nitrogens with zero attached hydrogens (tertiary/aromatic N) is 1. The van der Waals surface area contributed by atoms with Crippen molar-refractivity contribution in [2.45, 2.75) is 19.9 Å². The number of amides is 1. The minimum Gasteiger partial charge on any atom is -0.497 e. The molecule has 0 bridgehead atoms. The fraction of sp³-hybridized carbons (Fsp3) is 0.273. The molecule has 2 N–H and O–H groups in total. The number of halogens is 1. The minimum atomic E-state index is -0.404. The molecule has 0 saturated heterocycles. The van der Waals surface area contributed by atoms with Gasteiger partial charge in [-0.25, -0.2) is 4.39 Å². The third kappa shape index (κ3) is 3.86. The smallest absolute Gasteiger partial charge is 0.238 e. The van der Waals surface area contributed by atoms with Crippen LogP contribution in [0.2, 0.25) is 0 Å². The van der Waals surface area contributed by atoms with Gasteiger partial charge in [-0.2, -0.15) is 0 Å². The van der Waals surface area contributed by atoms with Gasteiger partial charge >= 0.3 is 0 Å². The van der Waals surface area contributed by atoms with E-state index in [-0.39, 0.29) is 17.9 Å². The van der Waals surface area contributed by atoms with Crippen LogP contribution < -0.4 is 15.5 Å². The number of anilines is 1. The lowest BCUT2D eigenvalue weighted by molar-refractivity contribution is -0.117. The third-order valence-corrected chi connectivity index (χ3v) is 5.24. The van der Waals surface area contributed by atoms with Crippen molar-refractivity contribution in [1.82, 2.24) is 9.88 Å². The molecule has 0 radical (unpaired) electrons. The fourth-order valence-electron chi connectivity index (χ4n) is 3.80. The molecule has 1 aliphatic rings. The molecule has 6 nitrogen and oxygen atoms in total. The molecule has 0 fully saturated rings. The molecule has 2 aromatic carbocycles. The first-order valence-electron chi connectivity index (χ1n) is 9.45. The first kappa shape index (κ1) is 19.1. The van der Waals surface area contributed by atoms with Crippen molar-refractivity contribution in [3.63, 3.8) is 0 Å². The number of hydrogen-bond acceptors (Lipinski definition) is 4. The van der Waals surface area contributed by atoms with Gasteiger partial charge in [0, 0.05) is 41.8 Å². The normalized spacial score (nSPS) is 13.9. The van der Waals surface area contributed by atoms with E-state index in [2.05, 4.69) is 10.3 Å². The van der Waals surface area contributed by atoms with Gasteiger partial charge in [-0.3, -0.25) is 14.5 Å². The highest BCUT2D eigenvalue weighted by Gasteiger charge is 2.23. The van der Waals surface area contributed by atoms with Crippen molar-refractivity contribution < 1.29 is 13.9 Å². The highest BCUT2D eigenvalue weighted by atomic mass is 19.1. The quantitative estimate of drug-likeness (QED) is 0.712. The number of aromatic nitrogens is 1. The van der Waals surface area contributed by atoms with Crippen LogP contribution >= 0.6 is 0 Å². The van der Waals surface area contributed by atoms with Gasteiger partial charge in [0.1, 0.15) is 11.6 Å². The molecule has 1 aliphatic heterocycles. The van der Waals surface area contributed by atoms with E-state index in [1.54, 1.807) is 25.3 Å². The number of ether oxygens (including phenoxy) is 1. The number of benzene rings is 2. The van der Waals surface area contributed by atoms with Crippen LogP contribution in [0.5, 0.6) is 5.75 Å². The average Bonchev–Trinajstić information content (AvgIpc) is 2.69. The van der Waals surface area contributed by atoms with Gasteiger partial charge in [-0.1, -0.05) is 6.07 Å². The maximum Gasteiger partial charge on any atom is 0.238 e. The number of carbonyl (C=O) groups excluding carboxylic acids is 1. The SMILES string of the molecule is COc1cc(C)c2[nH]c3c(c(=O)c2c1)CN(CC(=O)Nc1cccc(F)c1)CC3. The Labute approximate surface area is 167 Å².